The molecule has 0 saturated carbocycles. The van der Waals surface area contributed by atoms with Crippen LogP contribution < -0.4 is 10.3 Å². The Kier molecular flexibility index (Phi) is 5.14. The second-order valence-electron chi connectivity index (χ2n) is 5.17. The number of rotatable bonds is 5. The number of ether oxygens (including phenoxy) is 2. The van der Waals surface area contributed by atoms with Crippen LogP contribution >= 0.6 is 15.9 Å². The molecule has 2 aromatic carbocycles. The lowest BCUT2D eigenvalue weighted by molar-refractivity contribution is -0.145. The van der Waals surface area contributed by atoms with Crippen molar-refractivity contribution < 1.29 is 14.3 Å². The standard InChI is InChI=1S/C18H15BrN2O4/c1-2-24-16(22)10-25-15-8-7-11(19)9-13(15)17-20-14-6-4-3-5-12(14)18(23)21-17/h3-9H,2,10H2,1H3,(H,20,21,23). The Hall–Kier alpha value is -2.67. The molecule has 0 fully saturated rings. The molecule has 1 heterocycles. The Balaban J connectivity index is 2.03. The molecule has 3 rings (SSSR count). The van der Waals surface area contributed by atoms with E-state index in [-0.39, 0.29) is 18.8 Å². The predicted molar refractivity (Wildman–Crippen MR) is 97.6 cm³/mol. The number of para-hydroxylation sites is 1. The minimum atomic E-state index is -0.462. The maximum atomic E-state index is 12.3. The van der Waals surface area contributed by atoms with Gasteiger partial charge >= 0.3 is 5.97 Å². The molecule has 0 radical (unpaired) electrons. The van der Waals surface area contributed by atoms with E-state index in [1.165, 1.54) is 0 Å². The van der Waals surface area contributed by atoms with Gasteiger partial charge in [-0.3, -0.25) is 4.79 Å². The molecule has 128 valence electrons. The fraction of sp³-hybridized carbons (Fsp3) is 0.167. The molecule has 0 saturated heterocycles. The van der Waals surface area contributed by atoms with Crippen molar-refractivity contribution in [2.24, 2.45) is 0 Å². The SMILES string of the molecule is CCOC(=O)COc1ccc(Br)cc1-c1nc2ccccc2c(=O)[nH]1. The fourth-order valence-corrected chi connectivity index (χ4v) is 2.73. The Morgan fingerprint density at radius 2 is 2.04 bits per heavy atom. The van der Waals surface area contributed by atoms with E-state index in [2.05, 4.69) is 25.9 Å². The first kappa shape index (κ1) is 17.2. The first-order valence-electron chi connectivity index (χ1n) is 7.66. The number of H-pyrrole nitrogens is 1. The van der Waals surface area contributed by atoms with Crippen molar-refractivity contribution in [3.63, 3.8) is 0 Å². The number of aromatic amines is 1. The average Bonchev–Trinajstić information content (AvgIpc) is 2.61. The summed E-state index contributed by atoms with van der Waals surface area (Å²) in [5, 5.41) is 0.509. The van der Waals surface area contributed by atoms with Gasteiger partial charge in [0.25, 0.3) is 5.56 Å². The summed E-state index contributed by atoms with van der Waals surface area (Å²) >= 11 is 3.40. The Labute approximate surface area is 151 Å². The van der Waals surface area contributed by atoms with Gasteiger partial charge in [-0.05, 0) is 37.3 Å². The number of benzene rings is 2. The third-order valence-corrected chi connectivity index (χ3v) is 3.95. The van der Waals surface area contributed by atoms with Crippen LogP contribution in [0, 0.1) is 0 Å². The highest BCUT2D eigenvalue weighted by molar-refractivity contribution is 9.10. The van der Waals surface area contributed by atoms with E-state index >= 15 is 0 Å². The molecule has 1 N–H and O–H groups in total. The van der Waals surface area contributed by atoms with Gasteiger partial charge in [-0.25, -0.2) is 9.78 Å². The van der Waals surface area contributed by atoms with Crippen LogP contribution in [-0.4, -0.2) is 29.2 Å². The van der Waals surface area contributed by atoms with E-state index in [9.17, 15) is 9.59 Å². The van der Waals surface area contributed by atoms with Gasteiger partial charge in [-0.1, -0.05) is 28.1 Å². The minimum absolute atomic E-state index is 0.222. The number of nitrogens with one attached hydrogen (secondary N) is 1. The highest BCUT2D eigenvalue weighted by Gasteiger charge is 2.13. The number of hydrogen-bond acceptors (Lipinski definition) is 5. The first-order valence-corrected chi connectivity index (χ1v) is 8.45. The number of halogens is 1. The predicted octanol–water partition coefficient (Wildman–Crippen LogP) is 3.29. The zero-order valence-electron chi connectivity index (χ0n) is 13.4. The second-order valence-corrected chi connectivity index (χ2v) is 6.08. The van der Waals surface area contributed by atoms with Gasteiger partial charge in [0.15, 0.2) is 6.61 Å². The number of fused-ring (bicyclic) bond motifs is 1. The molecule has 0 aliphatic rings. The van der Waals surface area contributed by atoms with Crippen molar-refractivity contribution in [1.29, 1.82) is 0 Å². The molecule has 0 bridgehead atoms. The average molecular weight is 403 g/mol. The van der Waals surface area contributed by atoms with Crippen molar-refractivity contribution in [3.05, 3.63) is 57.3 Å². The Bertz CT molecular complexity index is 984. The molecule has 3 aromatic rings. The molecule has 25 heavy (non-hydrogen) atoms. The largest absolute Gasteiger partial charge is 0.481 e. The molecular weight excluding hydrogens is 388 g/mol. The third kappa shape index (κ3) is 3.88. The second kappa shape index (κ2) is 7.48. The number of aromatic nitrogens is 2. The van der Waals surface area contributed by atoms with Crippen molar-refractivity contribution in [2.45, 2.75) is 6.92 Å². The van der Waals surface area contributed by atoms with Gasteiger partial charge in [-0.2, -0.15) is 0 Å². The Morgan fingerprint density at radius 3 is 2.84 bits per heavy atom. The molecule has 0 aliphatic heterocycles. The summed E-state index contributed by atoms with van der Waals surface area (Å²) in [6.07, 6.45) is 0. The number of esters is 1. The van der Waals surface area contributed by atoms with Gasteiger partial charge in [-0.15, -0.1) is 0 Å². The summed E-state index contributed by atoms with van der Waals surface area (Å²) in [4.78, 5) is 31.1. The van der Waals surface area contributed by atoms with Crippen molar-refractivity contribution >= 4 is 32.8 Å². The molecule has 6 nitrogen and oxygen atoms in total. The topological polar surface area (TPSA) is 81.3 Å². The van der Waals surface area contributed by atoms with Crippen LogP contribution in [0.3, 0.4) is 0 Å². The number of hydrogen-bond donors (Lipinski definition) is 1. The van der Waals surface area contributed by atoms with Gasteiger partial charge < -0.3 is 14.5 Å². The minimum Gasteiger partial charge on any atom is -0.481 e. The van der Waals surface area contributed by atoms with E-state index < -0.39 is 5.97 Å². The van der Waals surface area contributed by atoms with Crippen LogP contribution in [0.15, 0.2) is 51.7 Å². The summed E-state index contributed by atoms with van der Waals surface area (Å²) in [7, 11) is 0. The van der Waals surface area contributed by atoms with Crippen LogP contribution in [-0.2, 0) is 9.53 Å². The van der Waals surface area contributed by atoms with Gasteiger partial charge in [0.2, 0.25) is 0 Å². The fourth-order valence-electron chi connectivity index (χ4n) is 2.37. The molecule has 0 amide bonds. The monoisotopic (exact) mass is 402 g/mol. The number of carbonyl (C=O) groups excluding carboxylic acids is 1. The maximum absolute atomic E-state index is 12.3. The highest BCUT2D eigenvalue weighted by Crippen LogP contribution is 2.30. The van der Waals surface area contributed by atoms with E-state index in [1.54, 1.807) is 43.3 Å². The molecule has 7 heteroatoms. The molecule has 0 aliphatic carbocycles. The van der Waals surface area contributed by atoms with Gasteiger partial charge in [0, 0.05) is 4.47 Å². The van der Waals surface area contributed by atoms with E-state index in [4.69, 9.17) is 9.47 Å². The molecule has 0 unspecified atom stereocenters. The third-order valence-electron chi connectivity index (χ3n) is 3.46. The lowest BCUT2D eigenvalue weighted by Gasteiger charge is -2.11. The number of nitrogens with zero attached hydrogens (tertiary/aromatic N) is 1. The van der Waals surface area contributed by atoms with Gasteiger partial charge in [0.1, 0.15) is 11.6 Å². The molecule has 1 aromatic heterocycles. The summed E-state index contributed by atoms with van der Waals surface area (Å²) in [6, 6.07) is 12.3. The lowest BCUT2D eigenvalue weighted by Crippen LogP contribution is -2.15. The summed E-state index contributed by atoms with van der Waals surface area (Å²) in [6.45, 7) is 1.79. The maximum Gasteiger partial charge on any atom is 0.344 e. The van der Waals surface area contributed by atoms with Crippen molar-refractivity contribution in [1.82, 2.24) is 9.97 Å². The van der Waals surface area contributed by atoms with Gasteiger partial charge in [0.05, 0.1) is 23.1 Å². The van der Waals surface area contributed by atoms with Crippen molar-refractivity contribution in [3.8, 4) is 17.1 Å². The first-order chi connectivity index (χ1) is 12.1. The summed E-state index contributed by atoms with van der Waals surface area (Å²) in [5.74, 6) is 0.329. The quantitative estimate of drug-likeness (QED) is 0.662. The summed E-state index contributed by atoms with van der Waals surface area (Å²) in [5.41, 5.74) is 0.913. The van der Waals surface area contributed by atoms with Crippen molar-refractivity contribution in [2.75, 3.05) is 13.2 Å². The van der Waals surface area contributed by atoms with E-state index in [1.807, 2.05) is 6.07 Å². The van der Waals surface area contributed by atoms with Crippen LogP contribution in [0.1, 0.15) is 6.92 Å². The normalized spacial score (nSPS) is 10.6. The summed E-state index contributed by atoms with van der Waals surface area (Å²) < 4.78 is 11.2. The van der Waals surface area contributed by atoms with Crippen LogP contribution in [0.5, 0.6) is 5.75 Å². The Morgan fingerprint density at radius 1 is 1.24 bits per heavy atom. The molecule has 0 spiro atoms. The number of carbonyl (C=O) groups is 1. The highest BCUT2D eigenvalue weighted by atomic mass is 79.9. The van der Waals surface area contributed by atoms with E-state index in [0.29, 0.717) is 28.0 Å². The zero-order chi connectivity index (χ0) is 17.8. The smallest absolute Gasteiger partial charge is 0.344 e. The van der Waals surface area contributed by atoms with Crippen LogP contribution in [0.2, 0.25) is 0 Å². The van der Waals surface area contributed by atoms with Crippen LogP contribution in [0.25, 0.3) is 22.3 Å². The zero-order valence-corrected chi connectivity index (χ0v) is 15.0. The van der Waals surface area contributed by atoms with Crippen LogP contribution in [0.4, 0.5) is 0 Å². The molecular formula is C18H15BrN2O4. The lowest BCUT2D eigenvalue weighted by atomic mass is 10.1. The van der Waals surface area contributed by atoms with E-state index in [0.717, 1.165) is 4.47 Å². The molecule has 0 atom stereocenters.